The van der Waals surface area contributed by atoms with Crippen molar-refractivity contribution in [2.24, 2.45) is 5.41 Å². The molecule has 206 valence electrons. The summed E-state index contributed by atoms with van der Waals surface area (Å²) in [6, 6.07) is 15.4. The van der Waals surface area contributed by atoms with Crippen molar-refractivity contribution in [2.75, 3.05) is 25.5 Å². The molecule has 6 aliphatic rings. The molecule has 9 rings (SSSR count). The number of likely N-dealkylation sites (tertiary alicyclic amines) is 1. The first kappa shape index (κ1) is 25.4. The third-order valence-electron chi connectivity index (χ3n) is 11.7. The molecule has 3 aromatic rings. The highest BCUT2D eigenvalue weighted by molar-refractivity contribution is 6.02. The van der Waals surface area contributed by atoms with Crippen molar-refractivity contribution >= 4 is 16.5 Å². The van der Waals surface area contributed by atoms with Gasteiger partial charge in [-0.3, -0.25) is 0 Å². The van der Waals surface area contributed by atoms with E-state index in [1.54, 1.807) is 33.2 Å². The molecule has 0 radical (unpaired) electrons. The SMILES string of the molecule is CC.CC.Cc1ccc2c3c1O[C@H]1C4C(C[C@@]5(C)[C@@H](C2)N(C)CC[C@]315)c1cc2c3c(cccc3c1N4C)CC2. The van der Waals surface area contributed by atoms with Crippen molar-refractivity contribution in [1.29, 1.82) is 0 Å². The summed E-state index contributed by atoms with van der Waals surface area (Å²) in [7, 11) is 4.76. The maximum atomic E-state index is 7.25. The number of benzene rings is 3. The van der Waals surface area contributed by atoms with E-state index in [4.69, 9.17) is 4.74 Å². The van der Waals surface area contributed by atoms with Crippen molar-refractivity contribution < 1.29 is 4.74 Å². The zero-order valence-electron chi connectivity index (χ0n) is 25.3. The third-order valence-corrected chi connectivity index (χ3v) is 11.7. The monoisotopic (exact) mass is 522 g/mol. The van der Waals surface area contributed by atoms with Crippen LogP contribution in [0, 0.1) is 12.3 Å². The second-order valence-corrected chi connectivity index (χ2v) is 12.8. The van der Waals surface area contributed by atoms with Gasteiger partial charge < -0.3 is 14.5 Å². The summed E-state index contributed by atoms with van der Waals surface area (Å²) in [6.45, 7) is 14.1. The van der Waals surface area contributed by atoms with Crippen LogP contribution in [0.5, 0.6) is 5.75 Å². The minimum atomic E-state index is 0.122. The molecule has 3 aliphatic heterocycles. The number of rotatable bonds is 0. The number of piperidine rings is 1. The molecule has 1 spiro atoms. The summed E-state index contributed by atoms with van der Waals surface area (Å²) >= 11 is 0. The lowest BCUT2D eigenvalue weighted by atomic mass is 9.42. The van der Waals surface area contributed by atoms with E-state index in [1.165, 1.54) is 61.0 Å². The summed E-state index contributed by atoms with van der Waals surface area (Å²) in [4.78, 5) is 5.36. The molecular formula is C36H46N2O. The van der Waals surface area contributed by atoms with E-state index in [0.29, 0.717) is 18.0 Å². The third kappa shape index (κ3) is 2.79. The van der Waals surface area contributed by atoms with E-state index in [2.05, 4.69) is 74.1 Å². The molecule has 3 heteroatoms. The fraction of sp³-hybridized carbons (Fsp3) is 0.556. The molecule has 0 N–H and O–H groups in total. The second kappa shape index (κ2) is 8.49. The van der Waals surface area contributed by atoms with Crippen LogP contribution in [0.4, 0.5) is 5.69 Å². The van der Waals surface area contributed by atoms with Crippen molar-refractivity contribution in [3.05, 3.63) is 69.8 Å². The van der Waals surface area contributed by atoms with Gasteiger partial charge in [-0.05, 0) is 91.2 Å². The van der Waals surface area contributed by atoms with Crippen molar-refractivity contribution in [1.82, 2.24) is 4.90 Å². The Morgan fingerprint density at radius 1 is 0.949 bits per heavy atom. The first-order valence-electron chi connectivity index (χ1n) is 15.7. The van der Waals surface area contributed by atoms with Gasteiger partial charge >= 0.3 is 0 Å². The minimum absolute atomic E-state index is 0.122. The van der Waals surface area contributed by atoms with Crippen LogP contribution in [0.25, 0.3) is 10.8 Å². The average molecular weight is 523 g/mol. The number of likely N-dealkylation sites (N-methyl/N-ethyl adjacent to an activating group) is 2. The maximum Gasteiger partial charge on any atom is 0.130 e. The summed E-state index contributed by atoms with van der Waals surface area (Å²) in [5, 5.41) is 3.04. The number of hydrogen-bond donors (Lipinski definition) is 0. The fourth-order valence-corrected chi connectivity index (χ4v) is 10.3. The van der Waals surface area contributed by atoms with E-state index in [9.17, 15) is 0 Å². The van der Waals surface area contributed by atoms with Gasteiger partial charge in [0.2, 0.25) is 0 Å². The van der Waals surface area contributed by atoms with Gasteiger partial charge in [0, 0.05) is 41.1 Å². The highest BCUT2D eigenvalue weighted by Crippen LogP contribution is 2.72. The van der Waals surface area contributed by atoms with Crippen LogP contribution < -0.4 is 9.64 Å². The number of nitrogens with zero attached hydrogens (tertiary/aromatic N) is 2. The Morgan fingerprint density at radius 2 is 1.72 bits per heavy atom. The van der Waals surface area contributed by atoms with Gasteiger partial charge in [-0.1, -0.05) is 71.0 Å². The maximum absolute atomic E-state index is 7.25. The second-order valence-electron chi connectivity index (χ2n) is 12.8. The van der Waals surface area contributed by atoms with Crippen LogP contribution in [0.3, 0.4) is 0 Å². The van der Waals surface area contributed by atoms with Gasteiger partial charge in [0.05, 0.1) is 6.04 Å². The summed E-state index contributed by atoms with van der Waals surface area (Å²) in [5.41, 5.74) is 11.1. The smallest absolute Gasteiger partial charge is 0.130 e. The first-order valence-corrected chi connectivity index (χ1v) is 15.7. The molecule has 39 heavy (non-hydrogen) atoms. The highest BCUT2D eigenvalue weighted by atomic mass is 16.5. The molecule has 1 saturated heterocycles. The lowest BCUT2D eigenvalue weighted by Gasteiger charge is -2.66. The lowest BCUT2D eigenvalue weighted by molar-refractivity contribution is -0.118. The molecule has 3 aromatic carbocycles. The van der Waals surface area contributed by atoms with Gasteiger partial charge in [-0.15, -0.1) is 0 Å². The minimum Gasteiger partial charge on any atom is -0.487 e. The lowest BCUT2D eigenvalue weighted by Crippen LogP contribution is -2.73. The van der Waals surface area contributed by atoms with Gasteiger partial charge in [0.25, 0.3) is 0 Å². The molecule has 0 aromatic heterocycles. The Bertz CT molecular complexity index is 1490. The largest absolute Gasteiger partial charge is 0.487 e. The Balaban J connectivity index is 0.000000608. The molecular weight excluding hydrogens is 476 g/mol. The molecule has 1 saturated carbocycles. The van der Waals surface area contributed by atoms with Crippen LogP contribution in [0.1, 0.15) is 86.8 Å². The number of fused-ring (bicyclic) bond motifs is 5. The topological polar surface area (TPSA) is 15.7 Å². The Kier molecular flexibility index (Phi) is 5.54. The molecule has 2 fully saturated rings. The molecule has 3 aliphatic carbocycles. The van der Waals surface area contributed by atoms with E-state index < -0.39 is 0 Å². The predicted octanol–water partition coefficient (Wildman–Crippen LogP) is 7.57. The van der Waals surface area contributed by atoms with Gasteiger partial charge in [0.15, 0.2) is 0 Å². The normalized spacial score (nSPS) is 33.8. The number of ether oxygens (including phenoxy) is 1. The van der Waals surface area contributed by atoms with E-state index in [1.807, 2.05) is 27.7 Å². The van der Waals surface area contributed by atoms with Crippen molar-refractivity contribution in [3.63, 3.8) is 0 Å². The molecule has 3 nitrogen and oxygen atoms in total. The molecule has 6 atom stereocenters. The molecule has 0 amide bonds. The van der Waals surface area contributed by atoms with Crippen molar-refractivity contribution in [3.8, 4) is 5.75 Å². The molecule has 3 heterocycles. The summed E-state index contributed by atoms with van der Waals surface area (Å²) in [5.74, 6) is 1.77. The number of aryl methyl sites for hydroxylation is 3. The van der Waals surface area contributed by atoms with Gasteiger partial charge in [-0.25, -0.2) is 0 Å². The zero-order valence-corrected chi connectivity index (χ0v) is 25.3. The standard InChI is InChI=1S/C32H34N2O.2C2H6/c1-17-8-9-20-15-24-31(2)16-23-22-14-19-11-10-18-6-5-7-21(25(18)19)27(22)34(4)28(23)30-32(31,12-13-33(24)3)26(20)29(17)35-30;2*1-2/h5-9,14,23-24,28,30H,10-13,15-16H2,1-4H3;2*1-2H3/t23?,24-,28?,30+,31+,32+;;/m1../s1. The Hall–Kier alpha value is -2.52. The van der Waals surface area contributed by atoms with Crippen LogP contribution in [-0.4, -0.2) is 43.7 Å². The summed E-state index contributed by atoms with van der Waals surface area (Å²) in [6.07, 6.45) is 6.27. The molecule has 2 bridgehead atoms. The van der Waals surface area contributed by atoms with Crippen molar-refractivity contribution in [2.45, 2.75) is 103 Å². The van der Waals surface area contributed by atoms with Crippen LogP contribution in [0.2, 0.25) is 0 Å². The zero-order chi connectivity index (χ0) is 27.4. The van der Waals surface area contributed by atoms with Gasteiger partial charge in [-0.2, -0.15) is 0 Å². The number of anilines is 1. The Labute approximate surface area is 235 Å². The Morgan fingerprint density at radius 3 is 2.51 bits per heavy atom. The summed E-state index contributed by atoms with van der Waals surface area (Å²) < 4.78 is 7.25. The van der Waals surface area contributed by atoms with Crippen LogP contribution >= 0.6 is 0 Å². The van der Waals surface area contributed by atoms with E-state index in [-0.39, 0.29) is 16.9 Å². The quantitative estimate of drug-likeness (QED) is 0.303. The van der Waals surface area contributed by atoms with Crippen LogP contribution in [0.15, 0.2) is 36.4 Å². The van der Waals surface area contributed by atoms with E-state index >= 15 is 0 Å². The van der Waals surface area contributed by atoms with E-state index in [0.717, 1.165) is 0 Å². The van der Waals surface area contributed by atoms with Crippen LogP contribution in [-0.2, 0) is 24.7 Å². The predicted molar refractivity (Wildman–Crippen MR) is 164 cm³/mol. The first-order chi connectivity index (χ1) is 18.9. The fourth-order valence-electron chi connectivity index (χ4n) is 10.3. The molecule has 2 unspecified atom stereocenters. The number of hydrogen-bond acceptors (Lipinski definition) is 3. The highest BCUT2D eigenvalue weighted by Gasteiger charge is 2.73. The average Bonchev–Trinajstić information content (AvgIpc) is 3.61. The van der Waals surface area contributed by atoms with Gasteiger partial charge in [0.1, 0.15) is 11.9 Å².